The lowest BCUT2D eigenvalue weighted by molar-refractivity contribution is -0.128. The number of carbonyl (C=O) groups excluding carboxylic acids is 1. The summed E-state index contributed by atoms with van der Waals surface area (Å²) in [6, 6.07) is 15.0. The van der Waals surface area contributed by atoms with Crippen LogP contribution in [0, 0.1) is 0 Å². The number of rotatable bonds is 2. The highest BCUT2D eigenvalue weighted by Crippen LogP contribution is 2.29. The molecule has 0 fully saturated rings. The lowest BCUT2D eigenvalue weighted by atomic mass is 9.97. The van der Waals surface area contributed by atoms with E-state index in [1.165, 1.54) is 0 Å². The molecule has 102 valence electrons. The predicted octanol–water partition coefficient (Wildman–Crippen LogP) is 3.59. The second-order valence-electron chi connectivity index (χ2n) is 4.67. The van der Waals surface area contributed by atoms with Crippen LogP contribution in [0.5, 0.6) is 0 Å². The van der Waals surface area contributed by atoms with Crippen LogP contribution in [0.4, 0.5) is 5.69 Å². The van der Waals surface area contributed by atoms with Crippen LogP contribution in [-0.4, -0.2) is 12.5 Å². The number of nitrogens with one attached hydrogen (secondary N) is 1. The summed E-state index contributed by atoms with van der Waals surface area (Å²) in [5, 5.41) is 3.34. The summed E-state index contributed by atoms with van der Waals surface area (Å²) < 4.78 is 5.62. The molecule has 2 aromatic rings. The minimum atomic E-state index is -0.573. The normalized spacial score (nSPS) is 17.4. The summed E-state index contributed by atoms with van der Waals surface area (Å²) in [5.74, 6) is -0.190. The minimum absolute atomic E-state index is 0.190. The van der Waals surface area contributed by atoms with Gasteiger partial charge in [0, 0.05) is 0 Å². The third-order valence-electron chi connectivity index (χ3n) is 3.36. The Morgan fingerprint density at radius 3 is 2.75 bits per heavy atom. The molecule has 1 heterocycles. The van der Waals surface area contributed by atoms with E-state index in [1.54, 1.807) is 12.1 Å². The van der Waals surface area contributed by atoms with Gasteiger partial charge in [0.25, 0.3) is 5.91 Å². The van der Waals surface area contributed by atoms with E-state index >= 15 is 0 Å². The number of hydrogen-bond acceptors (Lipinski definition) is 2. The third kappa shape index (κ3) is 2.55. The van der Waals surface area contributed by atoms with Crippen LogP contribution in [-0.2, 0) is 16.0 Å². The first-order chi connectivity index (χ1) is 9.75. The van der Waals surface area contributed by atoms with Crippen LogP contribution >= 0.6 is 11.6 Å². The summed E-state index contributed by atoms with van der Waals surface area (Å²) in [7, 11) is 0. The van der Waals surface area contributed by atoms with Gasteiger partial charge >= 0.3 is 0 Å². The van der Waals surface area contributed by atoms with E-state index in [4.69, 9.17) is 16.3 Å². The van der Waals surface area contributed by atoms with E-state index in [0.29, 0.717) is 17.3 Å². The number of fused-ring (bicyclic) bond motifs is 1. The SMILES string of the molecule is O=C(Nc1ccccc1Cl)[C@H]1OCCc2ccccc21. The van der Waals surface area contributed by atoms with Crippen molar-refractivity contribution in [2.24, 2.45) is 0 Å². The Kier molecular flexibility index (Phi) is 3.72. The molecule has 4 heteroatoms. The molecule has 1 aliphatic rings. The summed E-state index contributed by atoms with van der Waals surface area (Å²) in [5.41, 5.74) is 2.70. The molecule has 2 aromatic carbocycles. The number of amides is 1. The topological polar surface area (TPSA) is 38.3 Å². The molecule has 0 radical (unpaired) electrons. The van der Waals surface area contributed by atoms with Crippen LogP contribution in [0.15, 0.2) is 48.5 Å². The summed E-state index contributed by atoms with van der Waals surface area (Å²) in [4.78, 5) is 12.4. The molecule has 0 aromatic heterocycles. The number of hydrogen-bond donors (Lipinski definition) is 1. The van der Waals surface area contributed by atoms with Gasteiger partial charge < -0.3 is 10.1 Å². The summed E-state index contributed by atoms with van der Waals surface area (Å²) in [6.45, 7) is 0.553. The molecule has 3 nitrogen and oxygen atoms in total. The van der Waals surface area contributed by atoms with Crippen molar-refractivity contribution in [1.82, 2.24) is 0 Å². The average Bonchev–Trinajstić information content (AvgIpc) is 2.49. The zero-order chi connectivity index (χ0) is 13.9. The zero-order valence-corrected chi connectivity index (χ0v) is 11.6. The van der Waals surface area contributed by atoms with Gasteiger partial charge in [-0.2, -0.15) is 0 Å². The lowest BCUT2D eigenvalue weighted by Crippen LogP contribution is -2.28. The maximum atomic E-state index is 12.4. The summed E-state index contributed by atoms with van der Waals surface area (Å²) >= 11 is 6.05. The van der Waals surface area contributed by atoms with Crippen molar-refractivity contribution in [2.75, 3.05) is 11.9 Å². The van der Waals surface area contributed by atoms with Crippen LogP contribution < -0.4 is 5.32 Å². The van der Waals surface area contributed by atoms with Crippen LogP contribution in [0.3, 0.4) is 0 Å². The standard InChI is InChI=1S/C16H14ClNO2/c17-13-7-3-4-8-14(13)18-16(19)15-12-6-2-1-5-11(12)9-10-20-15/h1-8,15H,9-10H2,(H,18,19)/t15-/m0/s1. The van der Waals surface area contributed by atoms with Gasteiger partial charge in [0.15, 0.2) is 6.10 Å². The van der Waals surface area contributed by atoms with Gasteiger partial charge in [0.1, 0.15) is 0 Å². The molecule has 3 rings (SSSR count). The quantitative estimate of drug-likeness (QED) is 0.916. The van der Waals surface area contributed by atoms with Crippen molar-refractivity contribution in [2.45, 2.75) is 12.5 Å². The third-order valence-corrected chi connectivity index (χ3v) is 3.69. The highest BCUT2D eigenvalue weighted by molar-refractivity contribution is 6.33. The first-order valence-electron chi connectivity index (χ1n) is 6.50. The Bertz CT molecular complexity index is 642. The van der Waals surface area contributed by atoms with E-state index in [2.05, 4.69) is 5.32 Å². The number of benzene rings is 2. The van der Waals surface area contributed by atoms with Crippen LogP contribution in [0.2, 0.25) is 5.02 Å². The van der Waals surface area contributed by atoms with E-state index in [1.807, 2.05) is 36.4 Å². The maximum Gasteiger partial charge on any atom is 0.258 e. The molecular weight excluding hydrogens is 274 g/mol. The molecule has 0 unspecified atom stereocenters. The highest BCUT2D eigenvalue weighted by atomic mass is 35.5. The van der Waals surface area contributed by atoms with Crippen molar-refractivity contribution in [3.05, 3.63) is 64.7 Å². The van der Waals surface area contributed by atoms with Gasteiger partial charge in [0.05, 0.1) is 17.3 Å². The molecule has 1 N–H and O–H groups in total. The van der Waals surface area contributed by atoms with Crippen molar-refractivity contribution < 1.29 is 9.53 Å². The molecule has 0 saturated carbocycles. The molecular formula is C16H14ClNO2. The zero-order valence-electron chi connectivity index (χ0n) is 10.8. The highest BCUT2D eigenvalue weighted by Gasteiger charge is 2.27. The number of carbonyl (C=O) groups is 1. The van der Waals surface area contributed by atoms with Gasteiger partial charge in [-0.3, -0.25) is 4.79 Å². The van der Waals surface area contributed by atoms with Crippen molar-refractivity contribution in [3.8, 4) is 0 Å². The first kappa shape index (κ1) is 13.2. The molecule has 1 amide bonds. The molecule has 0 bridgehead atoms. The second kappa shape index (κ2) is 5.65. The number of ether oxygens (including phenoxy) is 1. The fourth-order valence-corrected chi connectivity index (χ4v) is 2.55. The molecule has 0 aliphatic carbocycles. The largest absolute Gasteiger partial charge is 0.363 e. The van der Waals surface area contributed by atoms with Gasteiger partial charge in [0.2, 0.25) is 0 Å². The Hall–Kier alpha value is -1.84. The van der Waals surface area contributed by atoms with E-state index < -0.39 is 6.10 Å². The Labute approximate surface area is 122 Å². The van der Waals surface area contributed by atoms with E-state index in [9.17, 15) is 4.79 Å². The monoisotopic (exact) mass is 287 g/mol. The van der Waals surface area contributed by atoms with Gasteiger partial charge in [-0.15, -0.1) is 0 Å². The fourth-order valence-electron chi connectivity index (χ4n) is 2.37. The summed E-state index contributed by atoms with van der Waals surface area (Å²) in [6.07, 6.45) is 0.266. The first-order valence-corrected chi connectivity index (χ1v) is 6.88. The molecule has 0 saturated heterocycles. The predicted molar refractivity (Wildman–Crippen MR) is 78.9 cm³/mol. The smallest absolute Gasteiger partial charge is 0.258 e. The fraction of sp³-hybridized carbons (Fsp3) is 0.188. The van der Waals surface area contributed by atoms with E-state index in [-0.39, 0.29) is 5.91 Å². The Morgan fingerprint density at radius 1 is 1.15 bits per heavy atom. The van der Waals surface area contributed by atoms with Crippen molar-refractivity contribution in [1.29, 1.82) is 0 Å². The van der Waals surface area contributed by atoms with Crippen LogP contribution in [0.1, 0.15) is 17.2 Å². The van der Waals surface area contributed by atoms with Crippen molar-refractivity contribution >= 4 is 23.2 Å². The second-order valence-corrected chi connectivity index (χ2v) is 5.08. The van der Waals surface area contributed by atoms with Crippen LogP contribution in [0.25, 0.3) is 0 Å². The van der Waals surface area contributed by atoms with Gasteiger partial charge in [-0.25, -0.2) is 0 Å². The van der Waals surface area contributed by atoms with Gasteiger partial charge in [-0.1, -0.05) is 48.0 Å². The molecule has 1 atom stereocenters. The molecule has 0 spiro atoms. The van der Waals surface area contributed by atoms with E-state index in [0.717, 1.165) is 17.5 Å². The van der Waals surface area contributed by atoms with Crippen molar-refractivity contribution in [3.63, 3.8) is 0 Å². The number of anilines is 1. The number of para-hydroxylation sites is 1. The number of halogens is 1. The van der Waals surface area contributed by atoms with Gasteiger partial charge in [-0.05, 0) is 29.7 Å². The molecule has 20 heavy (non-hydrogen) atoms. The lowest BCUT2D eigenvalue weighted by Gasteiger charge is -2.25. The Balaban J connectivity index is 1.84. The maximum absolute atomic E-state index is 12.4. The minimum Gasteiger partial charge on any atom is -0.363 e. The average molecular weight is 288 g/mol. The molecule has 1 aliphatic heterocycles. The Morgan fingerprint density at radius 2 is 1.90 bits per heavy atom.